The summed E-state index contributed by atoms with van der Waals surface area (Å²) >= 11 is 0. The Morgan fingerprint density at radius 2 is 1.83 bits per heavy atom. The van der Waals surface area contributed by atoms with E-state index in [9.17, 15) is 18.0 Å². The van der Waals surface area contributed by atoms with Crippen LogP contribution in [0.1, 0.15) is 5.69 Å². The van der Waals surface area contributed by atoms with E-state index in [4.69, 9.17) is 5.73 Å². The zero-order valence-electron chi connectivity index (χ0n) is 14.9. The minimum Gasteiger partial charge on any atom is -0.429 e. The van der Waals surface area contributed by atoms with E-state index in [1.54, 1.807) is 30.3 Å². The van der Waals surface area contributed by atoms with Crippen LogP contribution in [0.15, 0.2) is 82.9 Å². The summed E-state index contributed by atoms with van der Waals surface area (Å²) in [6.07, 6.45) is 3.30. The quantitative estimate of drug-likeness (QED) is 0.642. The first-order valence-corrected chi connectivity index (χ1v) is 8.35. The fourth-order valence-corrected chi connectivity index (χ4v) is 2.48. The Morgan fingerprint density at radius 3 is 2.48 bits per heavy atom. The van der Waals surface area contributed by atoms with Gasteiger partial charge in [0.25, 0.3) is 5.43 Å². The van der Waals surface area contributed by atoms with E-state index in [2.05, 4.69) is 14.8 Å². The molecule has 148 valence electrons. The number of nitrogens with zero attached hydrogens (tertiary/aromatic N) is 3. The molecule has 0 bridgehead atoms. The molecule has 0 atom stereocenters. The molecule has 2 N–H and O–H groups in total. The smallest absolute Gasteiger partial charge is 0.387 e. The number of hydrogen-bond donors (Lipinski definition) is 1. The minimum absolute atomic E-state index is 0.00601. The van der Waals surface area contributed by atoms with Gasteiger partial charge in [0.1, 0.15) is 11.5 Å². The molecule has 0 amide bonds. The molecule has 2 aromatic carbocycles. The van der Waals surface area contributed by atoms with Gasteiger partial charge in [0.05, 0.1) is 17.6 Å². The maximum absolute atomic E-state index is 14.2. The number of para-hydroxylation sites is 2. The Hall–Kier alpha value is -3.88. The van der Waals surface area contributed by atoms with Crippen LogP contribution in [-0.4, -0.2) is 22.1 Å². The number of rotatable bonds is 6. The standard InChI is InChI=1S/C20H15F3N4O2/c21-14-8-4-5-9-16(14)27-12-17(29-20(22)23)19(28)18(26-27)15(10-11-24)25-13-6-2-1-3-7-13/h1-12,20H,24H2. The number of allylic oxidation sites excluding steroid dienone is 1. The minimum atomic E-state index is -3.26. The molecule has 29 heavy (non-hydrogen) atoms. The van der Waals surface area contributed by atoms with Crippen molar-refractivity contribution in [3.8, 4) is 11.4 Å². The van der Waals surface area contributed by atoms with E-state index in [-0.39, 0.29) is 17.1 Å². The van der Waals surface area contributed by atoms with Crippen LogP contribution >= 0.6 is 0 Å². The van der Waals surface area contributed by atoms with E-state index in [0.717, 1.165) is 17.1 Å². The topological polar surface area (TPSA) is 82.5 Å². The predicted octanol–water partition coefficient (Wildman–Crippen LogP) is 3.57. The van der Waals surface area contributed by atoms with Crippen LogP contribution < -0.4 is 15.9 Å². The number of aromatic nitrogens is 2. The zero-order valence-corrected chi connectivity index (χ0v) is 14.9. The van der Waals surface area contributed by atoms with Crippen LogP contribution in [0.3, 0.4) is 0 Å². The molecule has 9 heteroatoms. The highest BCUT2D eigenvalue weighted by atomic mass is 19.3. The van der Waals surface area contributed by atoms with Crippen LogP contribution in [0.4, 0.5) is 18.9 Å². The average molecular weight is 400 g/mol. The Morgan fingerprint density at radius 1 is 1.14 bits per heavy atom. The van der Waals surface area contributed by atoms with Crippen molar-refractivity contribution >= 4 is 11.4 Å². The summed E-state index contributed by atoms with van der Waals surface area (Å²) in [4.78, 5) is 17.0. The summed E-state index contributed by atoms with van der Waals surface area (Å²) in [5.74, 6) is -1.38. The summed E-state index contributed by atoms with van der Waals surface area (Å²) in [6.45, 7) is -3.26. The number of aliphatic imine (C=N–C) groups is 1. The molecule has 0 aliphatic heterocycles. The lowest BCUT2D eigenvalue weighted by molar-refractivity contribution is -0.0510. The molecule has 0 unspecified atom stereocenters. The molecule has 0 radical (unpaired) electrons. The number of ether oxygens (including phenoxy) is 1. The maximum Gasteiger partial charge on any atom is 0.387 e. The van der Waals surface area contributed by atoms with E-state index >= 15 is 0 Å². The number of halogens is 3. The number of alkyl halides is 2. The van der Waals surface area contributed by atoms with E-state index < -0.39 is 23.6 Å². The lowest BCUT2D eigenvalue weighted by atomic mass is 10.2. The second-order valence-corrected chi connectivity index (χ2v) is 5.64. The first-order chi connectivity index (χ1) is 14.0. The van der Waals surface area contributed by atoms with Crippen LogP contribution in [0.2, 0.25) is 0 Å². The van der Waals surface area contributed by atoms with Crippen molar-refractivity contribution in [2.75, 3.05) is 0 Å². The molecule has 0 aliphatic carbocycles. The van der Waals surface area contributed by atoms with Gasteiger partial charge in [0.2, 0.25) is 0 Å². The van der Waals surface area contributed by atoms with E-state index in [1.165, 1.54) is 30.3 Å². The van der Waals surface area contributed by atoms with E-state index in [0.29, 0.717) is 5.69 Å². The fourth-order valence-electron chi connectivity index (χ4n) is 2.48. The van der Waals surface area contributed by atoms with Gasteiger partial charge in [0.15, 0.2) is 11.4 Å². The van der Waals surface area contributed by atoms with Gasteiger partial charge in [-0.3, -0.25) is 4.79 Å². The van der Waals surface area contributed by atoms with Gasteiger partial charge in [0, 0.05) is 0 Å². The molecule has 0 saturated heterocycles. The predicted molar refractivity (Wildman–Crippen MR) is 102 cm³/mol. The van der Waals surface area contributed by atoms with Crippen LogP contribution in [0.5, 0.6) is 5.75 Å². The lowest BCUT2D eigenvalue weighted by Gasteiger charge is -2.12. The first kappa shape index (κ1) is 19.9. The van der Waals surface area contributed by atoms with Crippen molar-refractivity contribution in [2.45, 2.75) is 6.61 Å². The molecule has 1 aromatic heterocycles. The Labute approximate surface area is 163 Å². The first-order valence-electron chi connectivity index (χ1n) is 8.35. The highest BCUT2D eigenvalue weighted by molar-refractivity contribution is 6.08. The summed E-state index contributed by atoms with van der Waals surface area (Å²) in [7, 11) is 0. The average Bonchev–Trinajstić information content (AvgIpc) is 2.70. The maximum atomic E-state index is 14.2. The summed E-state index contributed by atoms with van der Waals surface area (Å²) in [6, 6.07) is 14.1. The normalized spacial score (nSPS) is 11.9. The van der Waals surface area contributed by atoms with Gasteiger partial charge < -0.3 is 10.5 Å². The van der Waals surface area contributed by atoms with Crippen molar-refractivity contribution in [3.63, 3.8) is 0 Å². The van der Waals surface area contributed by atoms with Crippen molar-refractivity contribution in [2.24, 2.45) is 10.7 Å². The summed E-state index contributed by atoms with van der Waals surface area (Å²) in [5.41, 5.74) is 4.58. The van der Waals surface area contributed by atoms with Gasteiger partial charge in [-0.1, -0.05) is 30.3 Å². The van der Waals surface area contributed by atoms with Gasteiger partial charge in [-0.25, -0.2) is 14.1 Å². The van der Waals surface area contributed by atoms with Crippen molar-refractivity contribution in [1.82, 2.24) is 9.78 Å². The fraction of sp³-hybridized carbons (Fsp3) is 0.0500. The number of nitrogens with two attached hydrogens (primary N) is 1. The molecule has 0 spiro atoms. The monoisotopic (exact) mass is 400 g/mol. The molecule has 0 aliphatic rings. The number of hydrogen-bond acceptors (Lipinski definition) is 5. The van der Waals surface area contributed by atoms with Crippen LogP contribution in [0, 0.1) is 5.82 Å². The third kappa shape index (κ3) is 4.70. The van der Waals surface area contributed by atoms with Crippen molar-refractivity contribution in [3.05, 3.63) is 94.8 Å². The molecule has 0 saturated carbocycles. The Kier molecular flexibility index (Phi) is 6.08. The third-order valence-electron chi connectivity index (χ3n) is 3.70. The molecule has 3 aromatic rings. The van der Waals surface area contributed by atoms with Gasteiger partial charge in [-0.2, -0.15) is 13.9 Å². The Balaban J connectivity index is 2.25. The second kappa shape index (κ2) is 8.87. The van der Waals surface area contributed by atoms with E-state index in [1.807, 2.05) is 0 Å². The zero-order chi connectivity index (χ0) is 20.8. The van der Waals surface area contributed by atoms with Crippen molar-refractivity contribution in [1.29, 1.82) is 0 Å². The highest BCUT2D eigenvalue weighted by Crippen LogP contribution is 2.17. The second-order valence-electron chi connectivity index (χ2n) is 5.64. The largest absolute Gasteiger partial charge is 0.429 e. The molecule has 1 heterocycles. The molecular weight excluding hydrogens is 385 g/mol. The van der Waals surface area contributed by atoms with Gasteiger partial charge in [-0.15, -0.1) is 0 Å². The number of benzene rings is 2. The summed E-state index contributed by atoms with van der Waals surface area (Å²) < 4.78 is 45.1. The highest BCUT2D eigenvalue weighted by Gasteiger charge is 2.19. The van der Waals surface area contributed by atoms with Crippen molar-refractivity contribution < 1.29 is 17.9 Å². The van der Waals surface area contributed by atoms with Gasteiger partial charge >= 0.3 is 6.61 Å². The molecule has 0 fully saturated rings. The molecule has 3 rings (SSSR count). The SMILES string of the molecule is NC=CC(=Nc1ccccc1)c1nn(-c2ccccc2F)cc(OC(F)F)c1=O. The molecule has 6 nitrogen and oxygen atoms in total. The van der Waals surface area contributed by atoms with Crippen LogP contribution in [-0.2, 0) is 0 Å². The Bertz CT molecular complexity index is 1110. The lowest BCUT2D eigenvalue weighted by Crippen LogP contribution is -2.24. The third-order valence-corrected chi connectivity index (χ3v) is 3.70. The summed E-state index contributed by atoms with van der Waals surface area (Å²) in [5, 5.41) is 4.09. The molecular formula is C20H15F3N4O2. The van der Waals surface area contributed by atoms with Crippen LogP contribution in [0.25, 0.3) is 5.69 Å². The van der Waals surface area contributed by atoms with Gasteiger partial charge in [-0.05, 0) is 36.5 Å².